The molecule has 1 aromatic heterocycles. The first-order valence-corrected chi connectivity index (χ1v) is 5.45. The molecule has 0 aliphatic carbocycles. The number of pyridine rings is 1. The van der Waals surface area contributed by atoms with Crippen molar-refractivity contribution in [1.82, 2.24) is 4.98 Å². The van der Waals surface area contributed by atoms with Gasteiger partial charge >= 0.3 is 0 Å². The van der Waals surface area contributed by atoms with Crippen molar-refractivity contribution in [3.05, 3.63) is 26.5 Å². The molecule has 70 valence electrons. The van der Waals surface area contributed by atoms with E-state index in [4.69, 9.17) is 11.6 Å². The summed E-state index contributed by atoms with van der Waals surface area (Å²) in [6, 6.07) is 3.37. The molecule has 0 aliphatic heterocycles. The Morgan fingerprint density at radius 3 is 2.85 bits per heavy atom. The Labute approximate surface area is 95.8 Å². The van der Waals surface area contributed by atoms with E-state index in [2.05, 4.69) is 4.98 Å². The highest BCUT2D eigenvalue weighted by Gasteiger charge is 2.06. The van der Waals surface area contributed by atoms with Crippen molar-refractivity contribution in [2.75, 3.05) is 0 Å². The molecule has 1 heterocycles. The van der Waals surface area contributed by atoms with Crippen LogP contribution in [0.4, 0.5) is 0 Å². The fraction of sp³-hybridized carbons (Fsp3) is 0.333. The van der Waals surface area contributed by atoms with Crippen LogP contribution in [0.5, 0.6) is 0 Å². The van der Waals surface area contributed by atoms with Gasteiger partial charge in [0, 0.05) is 12.0 Å². The Morgan fingerprint density at radius 2 is 2.31 bits per heavy atom. The number of ketones is 1. The summed E-state index contributed by atoms with van der Waals surface area (Å²) in [6.45, 7) is 1.98. The van der Waals surface area contributed by atoms with E-state index in [9.17, 15) is 4.79 Å². The van der Waals surface area contributed by atoms with Gasteiger partial charge in [-0.05, 0) is 41.1 Å². The van der Waals surface area contributed by atoms with E-state index in [-0.39, 0.29) is 5.78 Å². The van der Waals surface area contributed by atoms with Gasteiger partial charge in [0.15, 0.2) is 5.78 Å². The van der Waals surface area contributed by atoms with Crippen molar-refractivity contribution in [1.29, 1.82) is 0 Å². The first-order valence-electron chi connectivity index (χ1n) is 3.99. The number of carbonyl (C=O) groups excluding carboxylic acids is 1. The quantitative estimate of drug-likeness (QED) is 0.487. The third-order valence-electron chi connectivity index (χ3n) is 1.56. The molecule has 0 aromatic carbocycles. The molecule has 0 bridgehead atoms. The monoisotopic (exact) mass is 309 g/mol. The van der Waals surface area contributed by atoms with Gasteiger partial charge in [-0.2, -0.15) is 0 Å². The zero-order chi connectivity index (χ0) is 9.84. The molecule has 0 amide bonds. The molecule has 0 spiro atoms. The summed E-state index contributed by atoms with van der Waals surface area (Å²) in [7, 11) is 0. The molecule has 0 N–H and O–H groups in total. The van der Waals surface area contributed by atoms with Gasteiger partial charge in [0.1, 0.15) is 8.85 Å². The Kier molecular flexibility index (Phi) is 4.12. The van der Waals surface area contributed by atoms with Gasteiger partial charge in [-0.3, -0.25) is 4.79 Å². The molecule has 13 heavy (non-hydrogen) atoms. The lowest BCUT2D eigenvalue weighted by Crippen LogP contribution is -1.99. The number of Topliss-reactive ketones (excluding diaryl/α,β-unsaturated/α-hetero) is 1. The predicted molar refractivity (Wildman–Crippen MR) is 61.2 cm³/mol. The molecule has 0 saturated heterocycles. The third kappa shape index (κ3) is 3.23. The van der Waals surface area contributed by atoms with Crippen LogP contribution in [0.2, 0.25) is 5.15 Å². The molecular weight excluding hydrogens is 300 g/mol. The van der Waals surface area contributed by atoms with Crippen LogP contribution in [0.25, 0.3) is 0 Å². The fourth-order valence-electron chi connectivity index (χ4n) is 0.997. The van der Waals surface area contributed by atoms with Crippen LogP contribution < -0.4 is 0 Å². The van der Waals surface area contributed by atoms with Gasteiger partial charge in [-0.25, -0.2) is 4.98 Å². The van der Waals surface area contributed by atoms with Crippen molar-refractivity contribution in [3.63, 3.8) is 0 Å². The van der Waals surface area contributed by atoms with Gasteiger partial charge in [-0.15, -0.1) is 0 Å². The average molecular weight is 310 g/mol. The molecule has 0 unspecified atom stereocenters. The Bertz CT molecular complexity index is 307. The van der Waals surface area contributed by atoms with Crippen LogP contribution in [0, 0.1) is 3.70 Å². The molecule has 4 heteroatoms. The van der Waals surface area contributed by atoms with Crippen molar-refractivity contribution in [3.8, 4) is 0 Å². The number of hydrogen-bond donors (Lipinski definition) is 0. The number of nitrogens with zero attached hydrogens (tertiary/aromatic N) is 1. The van der Waals surface area contributed by atoms with Crippen LogP contribution in [-0.2, 0) is 0 Å². The van der Waals surface area contributed by atoms with Crippen molar-refractivity contribution >= 4 is 40.0 Å². The highest BCUT2D eigenvalue weighted by molar-refractivity contribution is 14.1. The standard InChI is InChI=1S/C9H9ClINO/c1-2-3-7(13)6-4-8(10)12-9(11)5-6/h4-5H,2-3H2,1H3. The normalized spacial score (nSPS) is 10.1. The van der Waals surface area contributed by atoms with Crippen LogP contribution in [0.15, 0.2) is 12.1 Å². The summed E-state index contributed by atoms with van der Waals surface area (Å²) in [4.78, 5) is 15.4. The molecule has 1 rings (SSSR count). The van der Waals surface area contributed by atoms with Crippen molar-refractivity contribution < 1.29 is 4.79 Å². The third-order valence-corrected chi connectivity index (χ3v) is 2.31. The van der Waals surface area contributed by atoms with Gasteiger partial charge in [-0.1, -0.05) is 18.5 Å². The lowest BCUT2D eigenvalue weighted by atomic mass is 10.1. The first kappa shape index (κ1) is 10.9. The van der Waals surface area contributed by atoms with Gasteiger partial charge < -0.3 is 0 Å². The molecule has 2 nitrogen and oxygen atoms in total. The SMILES string of the molecule is CCCC(=O)c1cc(Cl)nc(I)c1. The van der Waals surface area contributed by atoms with Crippen molar-refractivity contribution in [2.24, 2.45) is 0 Å². The average Bonchev–Trinajstić information content (AvgIpc) is 2.03. The maximum Gasteiger partial charge on any atom is 0.163 e. The molecular formula is C9H9ClINO. The largest absolute Gasteiger partial charge is 0.294 e. The summed E-state index contributed by atoms with van der Waals surface area (Å²) in [5.41, 5.74) is 0.659. The van der Waals surface area contributed by atoms with Crippen molar-refractivity contribution in [2.45, 2.75) is 19.8 Å². The number of hydrogen-bond acceptors (Lipinski definition) is 2. The van der Waals surface area contributed by atoms with E-state index in [1.54, 1.807) is 12.1 Å². The number of aromatic nitrogens is 1. The van der Waals surface area contributed by atoms with Crippen LogP contribution in [0.3, 0.4) is 0 Å². The zero-order valence-electron chi connectivity index (χ0n) is 7.18. The van der Waals surface area contributed by atoms with E-state index in [1.165, 1.54) is 0 Å². The first-order chi connectivity index (χ1) is 6.13. The maximum atomic E-state index is 11.5. The topological polar surface area (TPSA) is 30.0 Å². The lowest BCUT2D eigenvalue weighted by Gasteiger charge is -2.00. The molecule has 0 atom stereocenters. The summed E-state index contributed by atoms with van der Waals surface area (Å²) >= 11 is 7.77. The van der Waals surface area contributed by atoms with E-state index >= 15 is 0 Å². The summed E-state index contributed by atoms with van der Waals surface area (Å²) < 4.78 is 0.754. The zero-order valence-corrected chi connectivity index (χ0v) is 10.1. The number of halogens is 2. The second kappa shape index (κ2) is 4.91. The van der Waals surface area contributed by atoms with Gasteiger partial charge in [0.2, 0.25) is 0 Å². The predicted octanol–water partition coefficient (Wildman–Crippen LogP) is 3.32. The highest BCUT2D eigenvalue weighted by atomic mass is 127. The fourth-order valence-corrected chi connectivity index (χ4v) is 1.94. The maximum absolute atomic E-state index is 11.5. The second-order valence-electron chi connectivity index (χ2n) is 2.67. The lowest BCUT2D eigenvalue weighted by molar-refractivity contribution is 0.0981. The Hall–Kier alpha value is -0.160. The number of rotatable bonds is 3. The number of carbonyl (C=O) groups is 1. The minimum absolute atomic E-state index is 0.129. The molecule has 0 fully saturated rings. The van der Waals surface area contributed by atoms with Crippen LogP contribution in [0.1, 0.15) is 30.1 Å². The molecule has 1 aromatic rings. The summed E-state index contributed by atoms with van der Waals surface area (Å²) in [6.07, 6.45) is 1.42. The van der Waals surface area contributed by atoms with E-state index in [0.717, 1.165) is 10.1 Å². The minimum Gasteiger partial charge on any atom is -0.294 e. The van der Waals surface area contributed by atoms with E-state index in [1.807, 2.05) is 29.5 Å². The Balaban J connectivity index is 2.94. The summed E-state index contributed by atoms with van der Waals surface area (Å²) in [5.74, 6) is 0.129. The Morgan fingerprint density at radius 1 is 1.62 bits per heavy atom. The van der Waals surface area contributed by atoms with Gasteiger partial charge in [0.25, 0.3) is 0 Å². The second-order valence-corrected chi connectivity index (χ2v) is 4.17. The molecule has 0 radical (unpaired) electrons. The van der Waals surface area contributed by atoms with Crippen LogP contribution >= 0.6 is 34.2 Å². The molecule has 0 aliphatic rings. The highest BCUT2D eigenvalue weighted by Crippen LogP contribution is 2.14. The summed E-state index contributed by atoms with van der Waals surface area (Å²) in [5, 5.41) is 0.381. The smallest absolute Gasteiger partial charge is 0.163 e. The van der Waals surface area contributed by atoms with E-state index in [0.29, 0.717) is 17.1 Å². The van der Waals surface area contributed by atoms with Crippen LogP contribution in [-0.4, -0.2) is 10.8 Å². The minimum atomic E-state index is 0.129. The molecule has 0 saturated carbocycles. The van der Waals surface area contributed by atoms with Gasteiger partial charge in [0.05, 0.1) is 0 Å². The van der Waals surface area contributed by atoms with E-state index < -0.39 is 0 Å².